The Morgan fingerprint density at radius 2 is 1.95 bits per heavy atom. The molecule has 1 aromatic rings. The van der Waals surface area contributed by atoms with E-state index in [1.165, 1.54) is 6.07 Å². The number of benzene rings is 1. The smallest absolute Gasteiger partial charge is 0.192 e. The molecule has 0 fully saturated rings. The van der Waals surface area contributed by atoms with Crippen LogP contribution in [0.4, 0.5) is 4.39 Å². The Bertz CT molecular complexity index is 494. The highest BCUT2D eigenvalue weighted by molar-refractivity contribution is 9.10. The summed E-state index contributed by atoms with van der Waals surface area (Å²) in [7, 11) is -1.78. The van der Waals surface area contributed by atoms with Crippen LogP contribution in [0, 0.1) is 5.82 Å². The Morgan fingerprint density at radius 3 is 2.53 bits per heavy atom. The predicted molar refractivity (Wildman–Crippen MR) is 83.4 cm³/mol. The second-order valence-corrected chi connectivity index (χ2v) is 12.4. The standard InChI is InChI=1S/C15H22BrFOSi/c1-15(2,3)19(4,5)18-13-9-7-11-10(13)6-8-12(17)14(11)16/h6,8,13H,7,9H2,1-5H3. The van der Waals surface area contributed by atoms with Gasteiger partial charge in [-0.15, -0.1) is 0 Å². The minimum Gasteiger partial charge on any atom is -0.410 e. The second-order valence-electron chi connectivity index (χ2n) is 6.83. The second kappa shape index (κ2) is 4.97. The van der Waals surface area contributed by atoms with Crippen LogP contribution in [0.1, 0.15) is 44.4 Å². The molecule has 0 N–H and O–H groups in total. The molecule has 0 saturated carbocycles. The lowest BCUT2D eigenvalue weighted by Gasteiger charge is -2.38. The van der Waals surface area contributed by atoms with Gasteiger partial charge in [-0.1, -0.05) is 26.8 Å². The normalized spacial score (nSPS) is 19.6. The molecule has 1 nitrogen and oxygen atoms in total. The van der Waals surface area contributed by atoms with Crippen molar-refractivity contribution in [2.75, 3.05) is 0 Å². The van der Waals surface area contributed by atoms with Crippen LogP contribution in [-0.4, -0.2) is 8.32 Å². The summed E-state index contributed by atoms with van der Waals surface area (Å²) in [5.41, 5.74) is 2.25. The maximum absolute atomic E-state index is 13.5. The monoisotopic (exact) mass is 344 g/mol. The van der Waals surface area contributed by atoms with E-state index in [1.54, 1.807) is 0 Å². The lowest BCUT2D eigenvalue weighted by Crippen LogP contribution is -2.41. The molecular weight excluding hydrogens is 323 g/mol. The van der Waals surface area contributed by atoms with Crippen molar-refractivity contribution >= 4 is 24.2 Å². The molecule has 106 valence electrons. The molecule has 1 aromatic carbocycles. The van der Waals surface area contributed by atoms with Gasteiger partial charge in [-0.3, -0.25) is 0 Å². The summed E-state index contributed by atoms with van der Waals surface area (Å²) in [6, 6.07) is 3.43. The summed E-state index contributed by atoms with van der Waals surface area (Å²) < 4.78 is 20.6. The zero-order valence-corrected chi connectivity index (χ0v) is 14.9. The maximum Gasteiger partial charge on any atom is 0.192 e. The third-order valence-corrected chi connectivity index (χ3v) is 9.82. The quantitative estimate of drug-likeness (QED) is 0.634. The molecule has 1 aliphatic carbocycles. The van der Waals surface area contributed by atoms with E-state index in [2.05, 4.69) is 49.8 Å². The van der Waals surface area contributed by atoms with Crippen molar-refractivity contribution in [3.05, 3.63) is 33.5 Å². The fourth-order valence-electron chi connectivity index (χ4n) is 2.25. The summed E-state index contributed by atoms with van der Waals surface area (Å²) in [6.45, 7) is 11.3. The van der Waals surface area contributed by atoms with Gasteiger partial charge in [-0.2, -0.15) is 0 Å². The van der Waals surface area contributed by atoms with E-state index in [0.717, 1.165) is 24.0 Å². The van der Waals surface area contributed by atoms with Crippen molar-refractivity contribution in [1.82, 2.24) is 0 Å². The van der Waals surface area contributed by atoms with Crippen LogP contribution < -0.4 is 0 Å². The highest BCUT2D eigenvalue weighted by Gasteiger charge is 2.41. The molecule has 0 radical (unpaired) electrons. The van der Waals surface area contributed by atoms with Gasteiger partial charge in [0.15, 0.2) is 8.32 Å². The lowest BCUT2D eigenvalue weighted by molar-refractivity contribution is 0.185. The Morgan fingerprint density at radius 1 is 1.32 bits per heavy atom. The van der Waals surface area contributed by atoms with Crippen molar-refractivity contribution in [3.63, 3.8) is 0 Å². The minimum atomic E-state index is -1.78. The first-order valence-electron chi connectivity index (χ1n) is 6.78. The van der Waals surface area contributed by atoms with E-state index >= 15 is 0 Å². The Kier molecular flexibility index (Phi) is 3.98. The van der Waals surface area contributed by atoms with Crippen LogP contribution in [0.3, 0.4) is 0 Å². The van der Waals surface area contributed by atoms with Crippen LogP contribution in [0.15, 0.2) is 16.6 Å². The van der Waals surface area contributed by atoms with Crippen LogP contribution >= 0.6 is 15.9 Å². The Balaban J connectivity index is 2.27. The first-order chi connectivity index (χ1) is 8.63. The molecule has 19 heavy (non-hydrogen) atoms. The summed E-state index contributed by atoms with van der Waals surface area (Å²) in [4.78, 5) is 0. The summed E-state index contributed by atoms with van der Waals surface area (Å²) in [6.07, 6.45) is 1.99. The molecular formula is C15H22BrFOSi. The Hall–Kier alpha value is -0.193. The van der Waals surface area contributed by atoms with Gasteiger partial charge in [0.1, 0.15) is 5.82 Å². The van der Waals surface area contributed by atoms with Crippen LogP contribution in [0.5, 0.6) is 0 Å². The van der Waals surface area contributed by atoms with Gasteiger partial charge in [0, 0.05) is 0 Å². The zero-order chi connectivity index (χ0) is 14.4. The van der Waals surface area contributed by atoms with Gasteiger partial charge in [-0.05, 0) is 64.1 Å². The van der Waals surface area contributed by atoms with Crippen LogP contribution in [0.2, 0.25) is 18.1 Å². The molecule has 1 atom stereocenters. The number of fused-ring (bicyclic) bond motifs is 1. The van der Waals surface area contributed by atoms with E-state index in [4.69, 9.17) is 4.43 Å². The van der Waals surface area contributed by atoms with Gasteiger partial charge in [0.05, 0.1) is 10.6 Å². The minimum absolute atomic E-state index is 0.132. The van der Waals surface area contributed by atoms with Crippen molar-refractivity contribution in [2.24, 2.45) is 0 Å². The SMILES string of the molecule is CC(C)(C)[Si](C)(C)OC1CCc2c1ccc(F)c2Br. The van der Waals surface area contributed by atoms with E-state index in [9.17, 15) is 4.39 Å². The summed E-state index contributed by atoms with van der Waals surface area (Å²) in [5, 5.41) is 0.201. The van der Waals surface area contributed by atoms with E-state index in [1.807, 2.05) is 6.07 Å². The van der Waals surface area contributed by atoms with Gasteiger partial charge in [-0.25, -0.2) is 4.39 Å². The van der Waals surface area contributed by atoms with E-state index in [0.29, 0.717) is 4.47 Å². The lowest BCUT2D eigenvalue weighted by atomic mass is 10.1. The third kappa shape index (κ3) is 2.81. The number of hydrogen-bond acceptors (Lipinski definition) is 1. The average Bonchev–Trinajstić information content (AvgIpc) is 2.65. The van der Waals surface area contributed by atoms with Gasteiger partial charge < -0.3 is 4.43 Å². The molecule has 0 amide bonds. The third-order valence-electron chi connectivity index (χ3n) is 4.48. The molecule has 0 saturated heterocycles. The van der Waals surface area contributed by atoms with Crippen molar-refractivity contribution in [1.29, 1.82) is 0 Å². The van der Waals surface area contributed by atoms with Crippen molar-refractivity contribution < 1.29 is 8.82 Å². The Labute approximate surface area is 124 Å². The first-order valence-corrected chi connectivity index (χ1v) is 10.5. The van der Waals surface area contributed by atoms with Gasteiger partial charge in [0.2, 0.25) is 0 Å². The number of hydrogen-bond donors (Lipinski definition) is 0. The predicted octanol–water partition coefficient (Wildman–Crippen LogP) is 5.60. The van der Waals surface area contributed by atoms with Crippen LogP contribution in [0.25, 0.3) is 0 Å². The molecule has 2 rings (SSSR count). The summed E-state index contributed by atoms with van der Waals surface area (Å²) >= 11 is 3.36. The van der Waals surface area contributed by atoms with Gasteiger partial charge >= 0.3 is 0 Å². The highest BCUT2D eigenvalue weighted by atomic mass is 79.9. The molecule has 0 aliphatic heterocycles. The topological polar surface area (TPSA) is 9.23 Å². The van der Waals surface area contributed by atoms with Crippen molar-refractivity contribution in [3.8, 4) is 0 Å². The van der Waals surface area contributed by atoms with Crippen LogP contribution in [-0.2, 0) is 10.8 Å². The summed E-state index contributed by atoms with van der Waals surface area (Å²) in [5.74, 6) is -0.174. The fourth-order valence-corrected chi connectivity index (χ4v) is 4.12. The molecule has 1 unspecified atom stereocenters. The molecule has 4 heteroatoms. The molecule has 0 heterocycles. The molecule has 0 bridgehead atoms. The van der Waals surface area contributed by atoms with E-state index < -0.39 is 8.32 Å². The molecule has 1 aliphatic rings. The van der Waals surface area contributed by atoms with Crippen molar-refractivity contribution in [2.45, 2.75) is 57.8 Å². The maximum atomic E-state index is 13.5. The van der Waals surface area contributed by atoms with Gasteiger partial charge in [0.25, 0.3) is 0 Å². The molecule has 0 spiro atoms. The first kappa shape index (κ1) is 15.2. The average molecular weight is 345 g/mol. The van der Waals surface area contributed by atoms with E-state index in [-0.39, 0.29) is 17.0 Å². The fraction of sp³-hybridized carbons (Fsp3) is 0.600. The molecule has 0 aromatic heterocycles. The number of halogens is 2. The highest BCUT2D eigenvalue weighted by Crippen LogP contribution is 2.45. The number of rotatable bonds is 2. The zero-order valence-electron chi connectivity index (χ0n) is 12.3. The largest absolute Gasteiger partial charge is 0.410 e.